The normalized spacial score (nSPS) is 33.0. The van der Waals surface area contributed by atoms with E-state index in [1.54, 1.807) is 0 Å². The predicted molar refractivity (Wildman–Crippen MR) is 90.8 cm³/mol. The third kappa shape index (κ3) is 3.80. The summed E-state index contributed by atoms with van der Waals surface area (Å²) in [4.78, 5) is 4.06. The van der Waals surface area contributed by atoms with E-state index in [-0.39, 0.29) is 12.2 Å². The zero-order valence-electron chi connectivity index (χ0n) is 13.7. The lowest BCUT2D eigenvalue weighted by Gasteiger charge is -2.39. The van der Waals surface area contributed by atoms with Crippen LogP contribution in [0.2, 0.25) is 0 Å². The average Bonchev–Trinajstić information content (AvgIpc) is 3.24. The first-order valence-electron chi connectivity index (χ1n) is 8.97. The SMILES string of the molecule is c1csc(CN2CCO[C@H]3[C@H](OCC4CCOCC4)CC[C@@H]32)c1. The molecule has 23 heavy (non-hydrogen) atoms. The van der Waals surface area contributed by atoms with Crippen molar-refractivity contribution in [1.82, 2.24) is 4.90 Å². The number of fused-ring (bicyclic) bond motifs is 1. The second-order valence-electron chi connectivity index (χ2n) is 6.96. The zero-order valence-corrected chi connectivity index (χ0v) is 14.5. The number of thiophene rings is 1. The van der Waals surface area contributed by atoms with Gasteiger partial charge in [-0.1, -0.05) is 6.07 Å². The van der Waals surface area contributed by atoms with Gasteiger partial charge in [0.1, 0.15) is 0 Å². The summed E-state index contributed by atoms with van der Waals surface area (Å²) >= 11 is 1.86. The fourth-order valence-electron chi connectivity index (χ4n) is 4.14. The molecule has 1 aliphatic carbocycles. The summed E-state index contributed by atoms with van der Waals surface area (Å²) in [5, 5.41) is 2.17. The molecule has 3 fully saturated rings. The zero-order chi connectivity index (χ0) is 15.5. The van der Waals surface area contributed by atoms with Crippen molar-refractivity contribution in [2.75, 3.05) is 33.0 Å². The maximum absolute atomic E-state index is 6.29. The number of ether oxygens (including phenoxy) is 3. The molecule has 0 spiro atoms. The summed E-state index contributed by atoms with van der Waals surface area (Å²) in [5.74, 6) is 0.675. The molecule has 4 nitrogen and oxygen atoms in total. The standard InChI is InChI=1S/C18H27NO3S/c1-2-15(23-11-1)12-19-7-10-21-18-16(19)3-4-17(18)22-13-14-5-8-20-9-6-14/h1-2,11,14,16-18H,3-10,12-13H2/t16-,17+,18+/m0/s1. The van der Waals surface area contributed by atoms with Gasteiger partial charge in [-0.2, -0.15) is 0 Å². The van der Waals surface area contributed by atoms with E-state index in [4.69, 9.17) is 14.2 Å². The quantitative estimate of drug-likeness (QED) is 0.827. The van der Waals surface area contributed by atoms with Crippen LogP contribution < -0.4 is 0 Å². The van der Waals surface area contributed by atoms with Crippen LogP contribution in [-0.2, 0) is 20.8 Å². The second kappa shape index (κ2) is 7.62. The van der Waals surface area contributed by atoms with Gasteiger partial charge in [-0.25, -0.2) is 0 Å². The number of nitrogens with zero attached hydrogens (tertiary/aromatic N) is 1. The lowest BCUT2D eigenvalue weighted by Crippen LogP contribution is -2.51. The smallest absolute Gasteiger partial charge is 0.0992 e. The van der Waals surface area contributed by atoms with Crippen molar-refractivity contribution in [1.29, 1.82) is 0 Å². The summed E-state index contributed by atoms with van der Waals surface area (Å²) in [7, 11) is 0. The average molecular weight is 337 g/mol. The predicted octanol–water partition coefficient (Wildman–Crippen LogP) is 2.92. The Morgan fingerprint density at radius 3 is 2.91 bits per heavy atom. The van der Waals surface area contributed by atoms with E-state index in [9.17, 15) is 0 Å². The Labute approximate surface area is 142 Å². The molecule has 1 saturated carbocycles. The van der Waals surface area contributed by atoms with E-state index in [1.165, 1.54) is 11.3 Å². The molecule has 3 heterocycles. The van der Waals surface area contributed by atoms with Crippen molar-refractivity contribution in [3.05, 3.63) is 22.4 Å². The Bertz CT molecular complexity index is 475. The molecule has 0 aromatic carbocycles. The van der Waals surface area contributed by atoms with E-state index >= 15 is 0 Å². The minimum atomic E-state index is 0.267. The van der Waals surface area contributed by atoms with Gasteiger partial charge in [0, 0.05) is 37.2 Å². The largest absolute Gasteiger partial charge is 0.381 e. The topological polar surface area (TPSA) is 30.9 Å². The number of hydrogen-bond donors (Lipinski definition) is 0. The molecule has 3 atom stereocenters. The first-order valence-corrected chi connectivity index (χ1v) is 9.85. The minimum absolute atomic E-state index is 0.267. The van der Waals surface area contributed by atoms with Gasteiger partial charge in [0.05, 0.1) is 25.4 Å². The minimum Gasteiger partial charge on any atom is -0.381 e. The first kappa shape index (κ1) is 16.0. The van der Waals surface area contributed by atoms with Gasteiger partial charge in [0.25, 0.3) is 0 Å². The summed E-state index contributed by atoms with van der Waals surface area (Å²) in [6, 6.07) is 4.92. The van der Waals surface area contributed by atoms with Crippen LogP contribution in [0.3, 0.4) is 0 Å². The van der Waals surface area contributed by atoms with Gasteiger partial charge in [-0.05, 0) is 43.0 Å². The lowest BCUT2D eigenvalue weighted by molar-refractivity contribution is -0.122. The summed E-state index contributed by atoms with van der Waals surface area (Å²) in [5.41, 5.74) is 0. The van der Waals surface area contributed by atoms with Crippen LogP contribution in [0.15, 0.2) is 17.5 Å². The molecule has 4 rings (SSSR count). The van der Waals surface area contributed by atoms with Crippen molar-refractivity contribution in [3.8, 4) is 0 Å². The van der Waals surface area contributed by atoms with E-state index < -0.39 is 0 Å². The first-order chi connectivity index (χ1) is 11.4. The number of hydrogen-bond acceptors (Lipinski definition) is 5. The van der Waals surface area contributed by atoms with Crippen molar-refractivity contribution in [3.63, 3.8) is 0 Å². The maximum Gasteiger partial charge on any atom is 0.0992 e. The molecule has 5 heteroatoms. The lowest BCUT2D eigenvalue weighted by atomic mass is 10.0. The van der Waals surface area contributed by atoms with Gasteiger partial charge in [-0.3, -0.25) is 4.90 Å². The highest BCUT2D eigenvalue weighted by Crippen LogP contribution is 2.34. The molecule has 2 aliphatic heterocycles. The molecule has 2 saturated heterocycles. The van der Waals surface area contributed by atoms with Crippen LogP contribution in [0, 0.1) is 5.92 Å². The highest BCUT2D eigenvalue weighted by Gasteiger charge is 2.43. The van der Waals surface area contributed by atoms with Crippen LogP contribution in [-0.4, -0.2) is 56.1 Å². The van der Waals surface area contributed by atoms with Gasteiger partial charge in [0.2, 0.25) is 0 Å². The summed E-state index contributed by atoms with van der Waals surface area (Å²) in [6.07, 6.45) is 5.18. The van der Waals surface area contributed by atoms with Gasteiger partial charge in [0.15, 0.2) is 0 Å². The van der Waals surface area contributed by atoms with E-state index in [1.807, 2.05) is 11.3 Å². The molecule has 1 aromatic rings. The molecular weight excluding hydrogens is 310 g/mol. The molecular formula is C18H27NO3S. The molecule has 0 N–H and O–H groups in total. The van der Waals surface area contributed by atoms with Gasteiger partial charge < -0.3 is 14.2 Å². The number of morpholine rings is 1. The van der Waals surface area contributed by atoms with Crippen LogP contribution in [0.5, 0.6) is 0 Å². The van der Waals surface area contributed by atoms with Gasteiger partial charge >= 0.3 is 0 Å². The van der Waals surface area contributed by atoms with E-state index in [2.05, 4.69) is 22.4 Å². The molecule has 128 valence electrons. The van der Waals surface area contributed by atoms with Crippen molar-refractivity contribution < 1.29 is 14.2 Å². The van der Waals surface area contributed by atoms with Crippen LogP contribution in [0.1, 0.15) is 30.6 Å². The third-order valence-electron chi connectivity index (χ3n) is 5.48. The highest BCUT2D eigenvalue weighted by molar-refractivity contribution is 7.09. The Balaban J connectivity index is 1.31. The van der Waals surface area contributed by atoms with E-state index in [0.717, 1.165) is 58.8 Å². The molecule has 0 unspecified atom stereocenters. The van der Waals surface area contributed by atoms with Crippen LogP contribution >= 0.6 is 11.3 Å². The molecule has 3 aliphatic rings. The Kier molecular flexibility index (Phi) is 5.31. The fourth-order valence-corrected chi connectivity index (χ4v) is 4.87. The fraction of sp³-hybridized carbons (Fsp3) is 0.778. The van der Waals surface area contributed by atoms with Crippen molar-refractivity contribution in [2.45, 2.75) is 50.5 Å². The Morgan fingerprint density at radius 2 is 2.09 bits per heavy atom. The van der Waals surface area contributed by atoms with Crippen LogP contribution in [0.25, 0.3) is 0 Å². The van der Waals surface area contributed by atoms with Crippen molar-refractivity contribution >= 4 is 11.3 Å². The molecule has 0 radical (unpaired) electrons. The second-order valence-corrected chi connectivity index (χ2v) is 7.99. The van der Waals surface area contributed by atoms with Gasteiger partial charge in [-0.15, -0.1) is 11.3 Å². The molecule has 0 bridgehead atoms. The maximum atomic E-state index is 6.29. The highest BCUT2D eigenvalue weighted by atomic mass is 32.1. The number of rotatable bonds is 5. The molecule has 0 amide bonds. The van der Waals surface area contributed by atoms with E-state index in [0.29, 0.717) is 12.0 Å². The third-order valence-corrected chi connectivity index (χ3v) is 6.34. The summed E-state index contributed by atoms with van der Waals surface area (Å²) < 4.78 is 17.8. The van der Waals surface area contributed by atoms with Crippen molar-refractivity contribution in [2.24, 2.45) is 5.92 Å². The van der Waals surface area contributed by atoms with Crippen LogP contribution in [0.4, 0.5) is 0 Å². The Morgan fingerprint density at radius 1 is 1.17 bits per heavy atom. The monoisotopic (exact) mass is 337 g/mol. The molecule has 1 aromatic heterocycles. The Hall–Kier alpha value is -0.460. The summed E-state index contributed by atoms with van der Waals surface area (Å²) in [6.45, 7) is 5.63.